The Morgan fingerprint density at radius 3 is 1.81 bits per heavy atom. The molecule has 0 bridgehead atoms. The molecule has 0 spiro atoms. The van der Waals surface area contributed by atoms with Gasteiger partial charge in [0.15, 0.2) is 17.5 Å². The average molecular weight is 776 g/mol. The molecule has 7 heteroatoms. The molecule has 59 heavy (non-hydrogen) atoms. The number of hydrogen-bond donors (Lipinski definition) is 0. The molecule has 0 amide bonds. The van der Waals surface area contributed by atoms with Gasteiger partial charge in [0.2, 0.25) is 0 Å². The summed E-state index contributed by atoms with van der Waals surface area (Å²) in [6, 6.07) is 43.4. The summed E-state index contributed by atoms with van der Waals surface area (Å²) in [4.78, 5) is 25.8. The minimum atomic E-state index is -0.160. The zero-order valence-electron chi connectivity index (χ0n) is 36.0. The molecule has 4 heterocycles. The van der Waals surface area contributed by atoms with E-state index in [9.17, 15) is 0 Å². The fourth-order valence-electron chi connectivity index (χ4n) is 8.57. The Labute approximate surface area is 348 Å². The third-order valence-corrected chi connectivity index (χ3v) is 11.7. The largest absolute Gasteiger partial charge is 0.355 e. The minimum absolute atomic E-state index is 0.0278. The predicted molar refractivity (Wildman–Crippen MR) is 246 cm³/mol. The smallest absolute Gasteiger partial charge is 0.164 e. The van der Waals surface area contributed by atoms with E-state index in [0.29, 0.717) is 17.5 Å². The molecule has 3 aromatic heterocycles. The van der Waals surface area contributed by atoms with Crippen LogP contribution in [-0.2, 0) is 16.2 Å². The summed E-state index contributed by atoms with van der Waals surface area (Å²) in [5.41, 5.74) is 11.9. The summed E-state index contributed by atoms with van der Waals surface area (Å²) in [6.45, 7) is 21.1. The van der Waals surface area contributed by atoms with Gasteiger partial charge in [-0.25, -0.2) is 19.9 Å². The summed E-state index contributed by atoms with van der Waals surface area (Å²) < 4.78 is 2.29. The van der Waals surface area contributed by atoms with E-state index in [1.165, 1.54) is 33.5 Å². The second-order valence-corrected chi connectivity index (χ2v) is 19.1. The SMILES string of the molecule is CN1CN(c2cccc(-c3nc(-c4ccc5c6ccccc6n(-c6cc(C(C)(C)C)ccn6)c5c4)nc(-c4c(C(C)(C)C)cccc4C(C)(C)C)n3)c2)c2ccccc21. The average Bonchev–Trinajstić information content (AvgIpc) is 3.73. The molecule has 7 nitrogen and oxygen atoms in total. The van der Waals surface area contributed by atoms with E-state index in [2.05, 4.69) is 205 Å². The van der Waals surface area contributed by atoms with E-state index in [1.54, 1.807) is 0 Å². The fourth-order valence-corrected chi connectivity index (χ4v) is 8.57. The van der Waals surface area contributed by atoms with Crippen molar-refractivity contribution in [2.75, 3.05) is 23.5 Å². The number of rotatable bonds is 5. The molecule has 0 atom stereocenters. The van der Waals surface area contributed by atoms with E-state index in [1.807, 2.05) is 6.20 Å². The maximum absolute atomic E-state index is 5.43. The molecule has 8 aromatic rings. The van der Waals surface area contributed by atoms with Crippen molar-refractivity contribution in [3.8, 4) is 40.0 Å². The first-order valence-electron chi connectivity index (χ1n) is 20.7. The van der Waals surface area contributed by atoms with Crippen molar-refractivity contribution >= 4 is 38.9 Å². The molecule has 9 rings (SSSR count). The fraction of sp³-hybridized carbons (Fsp3) is 0.269. The minimum Gasteiger partial charge on any atom is -0.355 e. The highest BCUT2D eigenvalue weighted by molar-refractivity contribution is 6.10. The van der Waals surface area contributed by atoms with Gasteiger partial charge < -0.3 is 9.80 Å². The van der Waals surface area contributed by atoms with Crippen molar-refractivity contribution in [3.63, 3.8) is 0 Å². The summed E-state index contributed by atoms with van der Waals surface area (Å²) in [5.74, 6) is 2.83. The van der Waals surface area contributed by atoms with Crippen LogP contribution in [0.1, 0.15) is 79.0 Å². The molecule has 0 radical (unpaired) electrons. The van der Waals surface area contributed by atoms with Crippen LogP contribution in [0.3, 0.4) is 0 Å². The molecule has 1 aliphatic heterocycles. The summed E-state index contributed by atoms with van der Waals surface area (Å²) in [6.07, 6.45) is 1.93. The Bertz CT molecular complexity index is 2870. The van der Waals surface area contributed by atoms with Gasteiger partial charge in [0.1, 0.15) is 5.82 Å². The highest BCUT2D eigenvalue weighted by Crippen LogP contribution is 2.43. The molecule has 0 N–H and O–H groups in total. The van der Waals surface area contributed by atoms with Crippen LogP contribution in [0.15, 0.2) is 128 Å². The second kappa shape index (κ2) is 13.9. The van der Waals surface area contributed by atoms with Crippen LogP contribution in [0.2, 0.25) is 0 Å². The van der Waals surface area contributed by atoms with E-state index in [4.69, 9.17) is 19.9 Å². The van der Waals surface area contributed by atoms with Gasteiger partial charge in [-0.3, -0.25) is 4.57 Å². The van der Waals surface area contributed by atoms with Crippen molar-refractivity contribution in [1.82, 2.24) is 24.5 Å². The predicted octanol–water partition coefficient (Wildman–Crippen LogP) is 12.8. The molecule has 5 aromatic carbocycles. The van der Waals surface area contributed by atoms with Crippen LogP contribution in [0.25, 0.3) is 61.8 Å². The number of benzene rings is 5. The Morgan fingerprint density at radius 2 is 1.12 bits per heavy atom. The van der Waals surface area contributed by atoms with Gasteiger partial charge in [-0.1, -0.05) is 135 Å². The van der Waals surface area contributed by atoms with Crippen LogP contribution >= 0.6 is 0 Å². The van der Waals surface area contributed by atoms with Crippen molar-refractivity contribution in [3.05, 3.63) is 144 Å². The molecular formula is C52H53N7. The molecule has 1 aliphatic rings. The number of anilines is 3. The molecule has 0 fully saturated rings. The van der Waals surface area contributed by atoms with E-state index < -0.39 is 0 Å². The molecule has 0 unspecified atom stereocenters. The van der Waals surface area contributed by atoms with Gasteiger partial charge in [0, 0.05) is 46.4 Å². The van der Waals surface area contributed by atoms with Crippen LogP contribution < -0.4 is 9.80 Å². The number of aromatic nitrogens is 5. The van der Waals surface area contributed by atoms with Crippen molar-refractivity contribution < 1.29 is 0 Å². The quantitative estimate of drug-likeness (QED) is 0.173. The van der Waals surface area contributed by atoms with Gasteiger partial charge in [-0.05, 0) is 81.5 Å². The molecular weight excluding hydrogens is 723 g/mol. The zero-order chi connectivity index (χ0) is 41.4. The van der Waals surface area contributed by atoms with Crippen molar-refractivity contribution in [2.24, 2.45) is 0 Å². The number of pyridine rings is 1. The number of para-hydroxylation sites is 3. The van der Waals surface area contributed by atoms with Crippen LogP contribution in [0.4, 0.5) is 17.1 Å². The Morgan fingerprint density at radius 1 is 0.508 bits per heavy atom. The van der Waals surface area contributed by atoms with Gasteiger partial charge in [0.05, 0.1) is 29.1 Å². The first-order valence-corrected chi connectivity index (χ1v) is 20.7. The van der Waals surface area contributed by atoms with Gasteiger partial charge in [0.25, 0.3) is 0 Å². The van der Waals surface area contributed by atoms with Crippen LogP contribution in [0, 0.1) is 0 Å². The van der Waals surface area contributed by atoms with E-state index in [0.717, 1.165) is 51.3 Å². The molecule has 0 aliphatic carbocycles. The van der Waals surface area contributed by atoms with Crippen LogP contribution in [-0.4, -0.2) is 38.2 Å². The maximum atomic E-state index is 5.43. The lowest BCUT2D eigenvalue weighted by Gasteiger charge is -2.29. The first-order chi connectivity index (χ1) is 28.1. The molecule has 0 saturated heterocycles. The number of nitrogens with zero attached hydrogens (tertiary/aromatic N) is 7. The van der Waals surface area contributed by atoms with Gasteiger partial charge in [-0.15, -0.1) is 0 Å². The summed E-state index contributed by atoms with van der Waals surface area (Å²) in [7, 11) is 2.14. The maximum Gasteiger partial charge on any atom is 0.164 e. The van der Waals surface area contributed by atoms with Gasteiger partial charge >= 0.3 is 0 Å². The zero-order valence-corrected chi connectivity index (χ0v) is 36.0. The van der Waals surface area contributed by atoms with E-state index in [-0.39, 0.29) is 16.2 Å². The molecule has 0 saturated carbocycles. The number of hydrogen-bond acceptors (Lipinski definition) is 6. The lowest BCUT2D eigenvalue weighted by molar-refractivity contribution is 0.570. The molecule has 296 valence electrons. The highest BCUT2D eigenvalue weighted by atomic mass is 15.4. The first kappa shape index (κ1) is 38.2. The third-order valence-electron chi connectivity index (χ3n) is 11.7. The van der Waals surface area contributed by atoms with E-state index >= 15 is 0 Å². The normalized spacial score (nSPS) is 13.5. The Hall–Kier alpha value is -6.34. The monoisotopic (exact) mass is 775 g/mol. The van der Waals surface area contributed by atoms with Gasteiger partial charge in [-0.2, -0.15) is 0 Å². The van der Waals surface area contributed by atoms with Crippen LogP contribution in [0.5, 0.6) is 0 Å². The van der Waals surface area contributed by atoms with Crippen molar-refractivity contribution in [2.45, 2.75) is 78.6 Å². The standard InChI is InChI=1S/C52H53N7/c1-50(2,3)35-27-28-53-45(31-35)59-41-22-12-11-19-37(41)38-26-25-34(30-44(38)59)48-54-47(33-17-15-18-36(29-33)58-32-57(10)42-23-13-14-24-43(42)58)55-49(56-48)46-39(51(4,5)6)20-16-21-40(46)52(7,8)9/h11-31H,32H2,1-10H3. The highest BCUT2D eigenvalue weighted by Gasteiger charge is 2.30. The lowest BCUT2D eigenvalue weighted by atomic mass is 9.76. The lowest BCUT2D eigenvalue weighted by Crippen LogP contribution is -2.23. The Balaban J connectivity index is 1.29. The summed E-state index contributed by atoms with van der Waals surface area (Å²) in [5, 5.41) is 2.33. The number of fused-ring (bicyclic) bond motifs is 4. The topological polar surface area (TPSA) is 63.0 Å². The summed E-state index contributed by atoms with van der Waals surface area (Å²) >= 11 is 0. The second-order valence-electron chi connectivity index (χ2n) is 19.1. The Kier molecular flexibility index (Phi) is 9.00. The third kappa shape index (κ3) is 6.82. The van der Waals surface area contributed by atoms with Crippen molar-refractivity contribution in [1.29, 1.82) is 0 Å².